The third kappa shape index (κ3) is 4.16. The van der Waals surface area contributed by atoms with Crippen molar-refractivity contribution in [3.8, 4) is 5.75 Å². The molecule has 1 atom stereocenters. The van der Waals surface area contributed by atoms with Gasteiger partial charge in [-0.15, -0.1) is 5.10 Å². The second-order valence-electron chi connectivity index (χ2n) is 8.37. The number of thioether (sulfide) groups is 1. The van der Waals surface area contributed by atoms with Crippen LogP contribution in [0, 0.1) is 6.92 Å². The number of aryl methyl sites for hydroxylation is 1. The maximum absolute atomic E-state index is 14.0. The summed E-state index contributed by atoms with van der Waals surface area (Å²) in [5, 5.41) is 8.34. The van der Waals surface area contributed by atoms with Gasteiger partial charge in [-0.05, 0) is 48.4 Å². The van der Waals surface area contributed by atoms with Gasteiger partial charge in [0.2, 0.25) is 16.7 Å². The number of hydrogen-bond donors (Lipinski definition) is 1. The minimum Gasteiger partial charge on any atom is -0.494 e. The van der Waals surface area contributed by atoms with Gasteiger partial charge in [0.15, 0.2) is 5.17 Å². The van der Waals surface area contributed by atoms with Crippen molar-refractivity contribution in [3.05, 3.63) is 59.2 Å². The number of ether oxygens (including phenoxy) is 1. The number of amides is 3. The Labute approximate surface area is 203 Å². The third-order valence-electron chi connectivity index (χ3n) is 5.75. The molecule has 4 rings (SSSR count). The van der Waals surface area contributed by atoms with Crippen LogP contribution in [0.4, 0.5) is 5.69 Å². The van der Waals surface area contributed by atoms with Crippen LogP contribution in [-0.2, 0) is 25.8 Å². The highest BCUT2D eigenvalue weighted by atomic mass is 32.2. The summed E-state index contributed by atoms with van der Waals surface area (Å²) in [5.74, 6) is -0.186. The lowest BCUT2D eigenvalue weighted by atomic mass is 10.0. The van der Waals surface area contributed by atoms with Gasteiger partial charge in [0.25, 0.3) is 5.91 Å². The zero-order valence-corrected chi connectivity index (χ0v) is 20.6. The van der Waals surface area contributed by atoms with Crippen molar-refractivity contribution in [2.75, 3.05) is 11.5 Å². The largest absolute Gasteiger partial charge is 0.494 e. The molecule has 2 aromatic rings. The quantitative estimate of drug-likeness (QED) is 0.634. The molecule has 2 aromatic carbocycles. The van der Waals surface area contributed by atoms with Crippen LogP contribution in [0.3, 0.4) is 0 Å². The van der Waals surface area contributed by atoms with Gasteiger partial charge >= 0.3 is 0 Å². The highest BCUT2D eigenvalue weighted by Crippen LogP contribution is 2.55. The number of amidine groups is 1. The van der Waals surface area contributed by atoms with Gasteiger partial charge < -0.3 is 15.0 Å². The Morgan fingerprint density at radius 1 is 1.15 bits per heavy atom. The van der Waals surface area contributed by atoms with Crippen LogP contribution >= 0.6 is 11.8 Å². The highest BCUT2D eigenvalue weighted by Gasteiger charge is 2.61. The second kappa shape index (κ2) is 9.50. The molecule has 8 nitrogen and oxygen atoms in total. The van der Waals surface area contributed by atoms with Crippen LogP contribution in [-0.4, -0.2) is 34.5 Å². The number of benzene rings is 2. The van der Waals surface area contributed by atoms with Gasteiger partial charge in [0.1, 0.15) is 5.75 Å². The number of para-hydroxylation sites is 1. The minimum absolute atomic E-state index is 0.221. The zero-order chi connectivity index (χ0) is 24.5. The molecule has 0 saturated carbocycles. The van der Waals surface area contributed by atoms with Crippen molar-refractivity contribution in [1.29, 1.82) is 0 Å². The lowest BCUT2D eigenvalue weighted by Gasteiger charge is -2.29. The molecule has 1 spiro atoms. The fourth-order valence-electron chi connectivity index (χ4n) is 4.21. The van der Waals surface area contributed by atoms with Crippen molar-refractivity contribution in [3.63, 3.8) is 0 Å². The van der Waals surface area contributed by atoms with E-state index >= 15 is 0 Å². The van der Waals surface area contributed by atoms with E-state index in [2.05, 4.69) is 17.3 Å². The van der Waals surface area contributed by atoms with Gasteiger partial charge in [-0.2, -0.15) is 5.01 Å². The molecular formula is C25H28N4O4S. The first kappa shape index (κ1) is 23.8. The summed E-state index contributed by atoms with van der Waals surface area (Å²) in [6.07, 6.45) is 2.06. The van der Waals surface area contributed by atoms with Crippen LogP contribution in [0.1, 0.15) is 50.3 Å². The zero-order valence-electron chi connectivity index (χ0n) is 19.8. The number of hydrazone groups is 1. The molecule has 0 bridgehead atoms. The number of rotatable bonds is 6. The molecule has 0 unspecified atom stereocenters. The first-order chi connectivity index (χ1) is 16.3. The lowest BCUT2D eigenvalue weighted by Crippen LogP contribution is -2.48. The van der Waals surface area contributed by atoms with Crippen LogP contribution in [0.25, 0.3) is 0 Å². The molecule has 0 saturated heterocycles. The van der Waals surface area contributed by atoms with Gasteiger partial charge in [-0.25, -0.2) is 0 Å². The average Bonchev–Trinajstić information content (AvgIpc) is 3.28. The summed E-state index contributed by atoms with van der Waals surface area (Å²) in [6, 6.07) is 13.4. The number of unbranched alkanes of at least 4 members (excludes halogenated alkanes) is 1. The highest BCUT2D eigenvalue weighted by molar-refractivity contribution is 8.15. The maximum Gasteiger partial charge on any atom is 0.271 e. The lowest BCUT2D eigenvalue weighted by molar-refractivity contribution is -0.139. The van der Waals surface area contributed by atoms with E-state index in [1.54, 1.807) is 4.90 Å². The van der Waals surface area contributed by atoms with Gasteiger partial charge in [0.05, 0.1) is 18.8 Å². The van der Waals surface area contributed by atoms with Crippen LogP contribution < -0.4 is 15.0 Å². The molecule has 0 fully saturated rings. The first-order valence-corrected chi connectivity index (χ1v) is 12.1. The van der Waals surface area contributed by atoms with Crippen molar-refractivity contribution in [2.45, 2.75) is 52.0 Å². The smallest absolute Gasteiger partial charge is 0.271 e. The van der Waals surface area contributed by atoms with E-state index in [1.165, 1.54) is 18.9 Å². The van der Waals surface area contributed by atoms with E-state index in [4.69, 9.17) is 4.74 Å². The molecule has 2 heterocycles. The monoisotopic (exact) mass is 480 g/mol. The third-order valence-corrected chi connectivity index (χ3v) is 6.99. The summed E-state index contributed by atoms with van der Waals surface area (Å²) in [7, 11) is 0. The summed E-state index contributed by atoms with van der Waals surface area (Å²) in [5.41, 5.74) is 3.29. The Hall–Kier alpha value is -3.33. The van der Waals surface area contributed by atoms with Crippen molar-refractivity contribution in [1.82, 2.24) is 10.3 Å². The second-order valence-corrected chi connectivity index (χ2v) is 9.55. The SMILES string of the molecule is CCCCOc1ccc(CN2C(=O)[C@]3(SC(NC(C)=O)=NN3C(C)=O)c3cccc(C)c32)cc1. The van der Waals surface area contributed by atoms with Crippen LogP contribution in [0.2, 0.25) is 0 Å². The molecule has 0 aliphatic carbocycles. The topological polar surface area (TPSA) is 91.3 Å². The Morgan fingerprint density at radius 2 is 1.88 bits per heavy atom. The number of nitrogens with zero attached hydrogens (tertiary/aromatic N) is 3. The summed E-state index contributed by atoms with van der Waals surface area (Å²) < 4.78 is 5.75. The predicted octanol–water partition coefficient (Wildman–Crippen LogP) is 3.88. The molecule has 178 valence electrons. The van der Waals surface area contributed by atoms with Crippen LogP contribution in [0.15, 0.2) is 47.6 Å². The first-order valence-electron chi connectivity index (χ1n) is 11.3. The van der Waals surface area contributed by atoms with Gasteiger partial charge in [0, 0.05) is 19.4 Å². The standard InChI is InChI=1S/C25H28N4O4S/c1-5-6-14-33-20-12-10-19(11-13-20)15-28-22-16(2)8-7-9-21(22)25(23(28)32)29(18(4)31)27-24(34-25)26-17(3)30/h7-13H,5-6,14-15H2,1-4H3,(H,26,27,30)/t25-/m1/s1. The van der Waals surface area contributed by atoms with Crippen molar-refractivity contribution < 1.29 is 19.1 Å². The number of nitrogens with one attached hydrogen (secondary N) is 1. The molecular weight excluding hydrogens is 452 g/mol. The van der Waals surface area contributed by atoms with E-state index in [-0.39, 0.29) is 22.9 Å². The number of hydrogen-bond acceptors (Lipinski definition) is 6. The molecule has 34 heavy (non-hydrogen) atoms. The Morgan fingerprint density at radius 3 is 2.53 bits per heavy atom. The Bertz CT molecular complexity index is 1160. The Kier molecular flexibility index (Phi) is 6.65. The fourth-order valence-corrected chi connectivity index (χ4v) is 5.54. The number of anilines is 1. The maximum atomic E-state index is 14.0. The summed E-state index contributed by atoms with van der Waals surface area (Å²) >= 11 is 1.08. The molecule has 0 aromatic heterocycles. The van der Waals surface area contributed by atoms with Crippen LogP contribution in [0.5, 0.6) is 5.75 Å². The predicted molar refractivity (Wildman–Crippen MR) is 132 cm³/mol. The molecule has 3 amide bonds. The van der Waals surface area contributed by atoms with E-state index in [9.17, 15) is 14.4 Å². The Balaban J connectivity index is 1.68. The van der Waals surface area contributed by atoms with E-state index in [0.29, 0.717) is 18.7 Å². The van der Waals surface area contributed by atoms with Gasteiger partial charge in [-0.3, -0.25) is 14.4 Å². The van der Waals surface area contributed by atoms with E-state index in [1.807, 2.05) is 49.4 Å². The van der Waals surface area contributed by atoms with E-state index in [0.717, 1.165) is 47.2 Å². The summed E-state index contributed by atoms with van der Waals surface area (Å²) in [6.45, 7) is 7.79. The molecule has 9 heteroatoms. The molecule has 2 aliphatic rings. The van der Waals surface area contributed by atoms with Crippen molar-refractivity contribution in [2.24, 2.45) is 5.10 Å². The fraction of sp³-hybridized carbons (Fsp3) is 0.360. The molecule has 2 aliphatic heterocycles. The number of carbonyl (C=O) groups is 3. The number of carbonyl (C=O) groups excluding carboxylic acids is 3. The van der Waals surface area contributed by atoms with Gasteiger partial charge in [-0.1, -0.05) is 43.7 Å². The van der Waals surface area contributed by atoms with Crippen molar-refractivity contribution >= 4 is 40.3 Å². The minimum atomic E-state index is -1.39. The molecule has 0 radical (unpaired) electrons. The molecule has 1 N–H and O–H groups in total. The van der Waals surface area contributed by atoms with E-state index < -0.39 is 4.87 Å². The number of fused-ring (bicyclic) bond motifs is 2. The summed E-state index contributed by atoms with van der Waals surface area (Å²) in [4.78, 5) is 38.6. The normalized spacial score (nSPS) is 18.8. The average molecular weight is 481 g/mol.